The van der Waals surface area contributed by atoms with Crippen LogP contribution in [0.25, 0.3) is 0 Å². The molecule has 4 heteroatoms. The average molecular weight is 359 g/mol. The van der Waals surface area contributed by atoms with Crippen molar-refractivity contribution in [2.45, 2.75) is 66.5 Å². The Kier molecular flexibility index (Phi) is 8.07. The van der Waals surface area contributed by atoms with Gasteiger partial charge in [-0.2, -0.15) is 0 Å². The normalized spacial score (nSPS) is 13.8. The second-order valence-corrected chi connectivity index (χ2v) is 8.62. The van der Waals surface area contributed by atoms with Gasteiger partial charge >= 0.3 is 0 Å². The Bertz CT molecular complexity index is 615. The average Bonchev–Trinajstić information content (AvgIpc) is 2.50. The molecule has 1 aromatic carbocycles. The molecule has 0 heterocycles. The highest BCUT2D eigenvalue weighted by Crippen LogP contribution is 2.18. The number of nitrogens with one attached hydrogen (secondary N) is 2. The number of amides is 2. The molecule has 0 saturated heterocycles. The number of carbonyl (C=O) groups excluding carboxylic acids is 2. The van der Waals surface area contributed by atoms with Crippen LogP contribution in [-0.2, 0) is 16.0 Å². The Morgan fingerprint density at radius 1 is 1.08 bits per heavy atom. The lowest BCUT2D eigenvalue weighted by atomic mass is 9.91. The minimum absolute atomic E-state index is 0.106. The molecule has 0 aliphatic rings. The van der Waals surface area contributed by atoms with E-state index in [4.69, 9.17) is 0 Å². The summed E-state index contributed by atoms with van der Waals surface area (Å²) in [5.74, 6) is -0.0399. The van der Waals surface area contributed by atoms with Gasteiger partial charge < -0.3 is 10.6 Å². The first kappa shape index (κ1) is 21.9. The van der Waals surface area contributed by atoms with Crippen molar-refractivity contribution in [3.05, 3.63) is 48.0 Å². The summed E-state index contributed by atoms with van der Waals surface area (Å²) in [5.41, 5.74) is 1.80. The molecule has 144 valence electrons. The van der Waals surface area contributed by atoms with Gasteiger partial charge in [0, 0.05) is 12.8 Å². The molecule has 2 amide bonds. The molecule has 0 radical (unpaired) electrons. The lowest BCUT2D eigenvalue weighted by Crippen LogP contribution is -2.52. The zero-order valence-corrected chi connectivity index (χ0v) is 17.1. The summed E-state index contributed by atoms with van der Waals surface area (Å²) >= 11 is 0. The van der Waals surface area contributed by atoms with Gasteiger partial charge in [0.15, 0.2) is 0 Å². The third-order valence-corrected chi connectivity index (χ3v) is 4.12. The van der Waals surface area contributed by atoms with Crippen LogP contribution >= 0.6 is 0 Å². The number of hydrogen-bond donors (Lipinski definition) is 2. The second kappa shape index (κ2) is 9.56. The van der Waals surface area contributed by atoms with Crippen LogP contribution < -0.4 is 10.6 Å². The smallest absolute Gasteiger partial charge is 0.243 e. The number of hydrogen-bond acceptors (Lipinski definition) is 2. The number of rotatable bonds is 8. The predicted octanol–water partition coefficient (Wildman–Crippen LogP) is 3.87. The van der Waals surface area contributed by atoms with E-state index in [1.165, 1.54) is 0 Å². The van der Waals surface area contributed by atoms with Gasteiger partial charge in [-0.1, -0.05) is 77.1 Å². The highest BCUT2D eigenvalue weighted by molar-refractivity contribution is 5.88. The van der Waals surface area contributed by atoms with Gasteiger partial charge in [-0.15, -0.1) is 0 Å². The zero-order chi connectivity index (χ0) is 19.9. The Hall–Kier alpha value is -2.10. The summed E-state index contributed by atoms with van der Waals surface area (Å²) in [6.45, 7) is 16.0. The Morgan fingerprint density at radius 2 is 1.65 bits per heavy atom. The Balaban J connectivity index is 2.93. The van der Waals surface area contributed by atoms with Crippen LogP contribution in [0.3, 0.4) is 0 Å². The van der Waals surface area contributed by atoms with E-state index in [0.717, 1.165) is 11.1 Å². The van der Waals surface area contributed by atoms with Gasteiger partial charge in [-0.25, -0.2) is 0 Å². The van der Waals surface area contributed by atoms with Crippen molar-refractivity contribution in [1.29, 1.82) is 0 Å². The molecule has 0 aliphatic heterocycles. The maximum absolute atomic E-state index is 12.9. The van der Waals surface area contributed by atoms with Gasteiger partial charge in [-0.3, -0.25) is 9.59 Å². The van der Waals surface area contributed by atoms with Crippen LogP contribution in [0.4, 0.5) is 0 Å². The van der Waals surface area contributed by atoms with Crippen molar-refractivity contribution < 1.29 is 9.59 Å². The van der Waals surface area contributed by atoms with E-state index in [-0.39, 0.29) is 29.2 Å². The molecule has 0 spiro atoms. The van der Waals surface area contributed by atoms with Crippen molar-refractivity contribution in [2.75, 3.05) is 0 Å². The van der Waals surface area contributed by atoms with E-state index in [0.29, 0.717) is 12.8 Å². The summed E-state index contributed by atoms with van der Waals surface area (Å²) in [6, 6.07) is 9.03. The highest BCUT2D eigenvalue weighted by Gasteiger charge is 2.26. The SMILES string of the molecule is C=C(C)C(NC(=O)C(Cc1ccccc1)NC(=O)CC(C)(C)C)C(C)C. The fourth-order valence-corrected chi connectivity index (χ4v) is 2.90. The Labute approximate surface area is 158 Å². The molecule has 0 saturated carbocycles. The number of carbonyl (C=O) groups is 2. The van der Waals surface area contributed by atoms with Crippen molar-refractivity contribution >= 4 is 11.8 Å². The molecule has 2 atom stereocenters. The van der Waals surface area contributed by atoms with Crippen LogP contribution in [-0.4, -0.2) is 23.9 Å². The fraction of sp³-hybridized carbons (Fsp3) is 0.545. The fourth-order valence-electron chi connectivity index (χ4n) is 2.90. The molecular weight excluding hydrogens is 324 g/mol. The lowest BCUT2D eigenvalue weighted by Gasteiger charge is -2.27. The highest BCUT2D eigenvalue weighted by atomic mass is 16.2. The van der Waals surface area contributed by atoms with E-state index >= 15 is 0 Å². The summed E-state index contributed by atoms with van der Waals surface area (Å²) < 4.78 is 0. The van der Waals surface area contributed by atoms with Crippen molar-refractivity contribution in [2.24, 2.45) is 11.3 Å². The van der Waals surface area contributed by atoms with E-state index in [1.54, 1.807) is 0 Å². The van der Waals surface area contributed by atoms with Crippen LogP contribution in [0.15, 0.2) is 42.5 Å². The largest absolute Gasteiger partial charge is 0.348 e. The van der Waals surface area contributed by atoms with Gasteiger partial charge in [0.2, 0.25) is 11.8 Å². The van der Waals surface area contributed by atoms with Crippen LogP contribution in [0.1, 0.15) is 53.5 Å². The molecule has 1 aromatic rings. The summed E-state index contributed by atoms with van der Waals surface area (Å²) in [5, 5.41) is 5.98. The van der Waals surface area contributed by atoms with E-state index in [2.05, 4.69) is 17.2 Å². The second-order valence-electron chi connectivity index (χ2n) is 8.62. The predicted molar refractivity (Wildman–Crippen MR) is 108 cm³/mol. The van der Waals surface area contributed by atoms with Crippen LogP contribution in [0.2, 0.25) is 0 Å². The molecule has 2 N–H and O–H groups in total. The minimum atomic E-state index is -0.604. The van der Waals surface area contributed by atoms with Gasteiger partial charge in [-0.05, 0) is 23.8 Å². The standard InChI is InChI=1S/C22H34N2O2/c1-15(2)20(16(3)4)24-21(26)18(13-17-11-9-8-10-12-17)23-19(25)14-22(5,6)7/h8-12,16,18,20H,1,13-14H2,2-7H3,(H,23,25)(H,24,26). The molecule has 0 aromatic heterocycles. The molecular formula is C22H34N2O2. The molecule has 4 nitrogen and oxygen atoms in total. The van der Waals surface area contributed by atoms with E-state index in [9.17, 15) is 9.59 Å². The minimum Gasteiger partial charge on any atom is -0.348 e. The first-order valence-corrected chi connectivity index (χ1v) is 9.28. The molecule has 0 fully saturated rings. The molecule has 2 unspecified atom stereocenters. The van der Waals surface area contributed by atoms with Gasteiger partial charge in [0.25, 0.3) is 0 Å². The van der Waals surface area contributed by atoms with Gasteiger partial charge in [0.05, 0.1) is 6.04 Å². The maximum atomic E-state index is 12.9. The topological polar surface area (TPSA) is 58.2 Å². The lowest BCUT2D eigenvalue weighted by molar-refractivity contribution is -0.130. The van der Waals surface area contributed by atoms with E-state index in [1.807, 2.05) is 71.9 Å². The summed E-state index contributed by atoms with van der Waals surface area (Å²) in [6.07, 6.45) is 0.837. The van der Waals surface area contributed by atoms with Crippen molar-refractivity contribution in [1.82, 2.24) is 10.6 Å². The molecule has 0 aliphatic carbocycles. The first-order valence-electron chi connectivity index (χ1n) is 9.28. The van der Waals surface area contributed by atoms with Crippen molar-refractivity contribution in [3.63, 3.8) is 0 Å². The molecule has 1 rings (SSSR count). The maximum Gasteiger partial charge on any atom is 0.243 e. The molecule has 0 bridgehead atoms. The number of benzene rings is 1. The Morgan fingerprint density at radius 3 is 2.12 bits per heavy atom. The summed E-state index contributed by atoms with van der Waals surface area (Å²) in [7, 11) is 0. The monoisotopic (exact) mass is 358 g/mol. The quantitative estimate of drug-likeness (QED) is 0.693. The third kappa shape index (κ3) is 7.85. The van der Waals surface area contributed by atoms with Crippen LogP contribution in [0.5, 0.6) is 0 Å². The van der Waals surface area contributed by atoms with Crippen LogP contribution in [0, 0.1) is 11.3 Å². The first-order chi connectivity index (χ1) is 12.0. The third-order valence-electron chi connectivity index (χ3n) is 4.12. The zero-order valence-electron chi connectivity index (χ0n) is 17.1. The molecule has 26 heavy (non-hydrogen) atoms. The van der Waals surface area contributed by atoms with Crippen molar-refractivity contribution in [3.8, 4) is 0 Å². The van der Waals surface area contributed by atoms with Gasteiger partial charge in [0.1, 0.15) is 6.04 Å². The summed E-state index contributed by atoms with van der Waals surface area (Å²) in [4.78, 5) is 25.3. The van der Waals surface area contributed by atoms with E-state index < -0.39 is 6.04 Å².